The van der Waals surface area contributed by atoms with E-state index in [1.54, 1.807) is 19.0 Å². The van der Waals surface area contributed by atoms with Gasteiger partial charge in [0.1, 0.15) is 28.4 Å². The van der Waals surface area contributed by atoms with Crippen LogP contribution in [0.5, 0.6) is 5.75 Å². The minimum atomic E-state index is -2.65. The fourth-order valence-electron chi connectivity index (χ4n) is 5.58. The van der Waals surface area contributed by atoms with Crippen molar-refractivity contribution in [3.05, 3.63) is 45.4 Å². The Labute approximate surface area is 219 Å². The van der Waals surface area contributed by atoms with Crippen LogP contribution >= 0.6 is 0 Å². The Morgan fingerprint density at radius 3 is 2.34 bits per heavy atom. The molecule has 11 nitrogen and oxygen atoms in total. The number of fused-ring (bicyclic) bond motifs is 3. The molecule has 0 saturated carbocycles. The van der Waals surface area contributed by atoms with E-state index in [0.29, 0.717) is 11.3 Å². The maximum atomic E-state index is 13.8. The van der Waals surface area contributed by atoms with Crippen molar-refractivity contribution in [1.82, 2.24) is 0 Å². The molecule has 1 aromatic carbocycles. The number of amides is 1. The average molecular weight is 529 g/mol. The molecule has 204 valence electrons. The third-order valence-corrected chi connectivity index (χ3v) is 7.38. The van der Waals surface area contributed by atoms with Gasteiger partial charge in [0, 0.05) is 37.7 Å². The number of aliphatic hydroxyl groups excluding tert-OH is 2. The van der Waals surface area contributed by atoms with Gasteiger partial charge in [-0.15, -0.1) is 0 Å². The molecule has 6 N–H and O–H groups in total. The van der Waals surface area contributed by atoms with Crippen molar-refractivity contribution < 1.29 is 44.3 Å². The number of allylic oxidation sites excluding steroid dienone is 2. The molecule has 3 aliphatic carbocycles. The third kappa shape index (κ3) is 4.01. The zero-order valence-corrected chi connectivity index (χ0v) is 21.9. The molecule has 3 aliphatic rings. The van der Waals surface area contributed by atoms with Crippen LogP contribution in [0.15, 0.2) is 28.7 Å². The lowest BCUT2D eigenvalue weighted by atomic mass is 9.60. The molecule has 0 aliphatic heterocycles. The zero-order chi connectivity index (χ0) is 28.5. The second kappa shape index (κ2) is 8.87. The SMILES string of the molecule is CN(C)c1cc(C(=O)OCC(C)(C)C)c(O)c2c1C[C@H]1C[C@H]3CC(O)=C(C(N)=O)C(=O)[C@@]3(O)C(O)=C1C2=O. The largest absolute Gasteiger partial charge is 0.511 e. The smallest absolute Gasteiger partial charge is 0.342 e. The lowest BCUT2D eigenvalue weighted by Crippen LogP contribution is -2.57. The van der Waals surface area contributed by atoms with Crippen molar-refractivity contribution in [2.45, 2.75) is 45.6 Å². The number of phenolic OH excluding ortho intramolecular Hbond substituents is 1. The summed E-state index contributed by atoms with van der Waals surface area (Å²) in [4.78, 5) is 53.3. The Bertz CT molecular complexity index is 1350. The second-order valence-corrected chi connectivity index (χ2v) is 11.6. The van der Waals surface area contributed by atoms with Gasteiger partial charge in [0.15, 0.2) is 11.4 Å². The van der Waals surface area contributed by atoms with E-state index in [2.05, 4.69) is 0 Å². The van der Waals surface area contributed by atoms with Gasteiger partial charge >= 0.3 is 5.97 Å². The summed E-state index contributed by atoms with van der Waals surface area (Å²) >= 11 is 0. The van der Waals surface area contributed by atoms with Gasteiger partial charge in [0.2, 0.25) is 5.78 Å². The number of primary amides is 1. The molecular formula is C27H32N2O9. The molecule has 0 bridgehead atoms. The molecule has 1 aromatic rings. The lowest BCUT2D eigenvalue weighted by Gasteiger charge is -2.45. The number of hydrogen-bond acceptors (Lipinski definition) is 10. The normalized spacial score (nSPS) is 25.0. The number of anilines is 1. The van der Waals surface area contributed by atoms with Gasteiger partial charge in [-0.1, -0.05) is 20.8 Å². The number of ketones is 2. The summed E-state index contributed by atoms with van der Waals surface area (Å²) < 4.78 is 5.36. The third-order valence-electron chi connectivity index (χ3n) is 7.38. The highest BCUT2D eigenvalue weighted by atomic mass is 16.5. The van der Waals surface area contributed by atoms with Gasteiger partial charge in [-0.2, -0.15) is 0 Å². The van der Waals surface area contributed by atoms with Crippen LogP contribution in [0.25, 0.3) is 0 Å². The van der Waals surface area contributed by atoms with Crippen LogP contribution in [0, 0.1) is 17.3 Å². The van der Waals surface area contributed by atoms with Gasteiger partial charge in [-0.05, 0) is 35.8 Å². The van der Waals surface area contributed by atoms with Crippen molar-refractivity contribution in [2.24, 2.45) is 23.0 Å². The maximum absolute atomic E-state index is 13.8. The van der Waals surface area contributed by atoms with Gasteiger partial charge in [-0.25, -0.2) is 4.79 Å². The number of carbonyl (C=O) groups is 4. The first kappa shape index (κ1) is 27.2. The van der Waals surface area contributed by atoms with Crippen LogP contribution in [0.1, 0.15) is 59.9 Å². The summed E-state index contributed by atoms with van der Waals surface area (Å²) in [6.45, 7) is 5.65. The first-order valence-corrected chi connectivity index (χ1v) is 12.2. The van der Waals surface area contributed by atoms with E-state index >= 15 is 0 Å². The number of esters is 1. The molecule has 4 rings (SSSR count). The maximum Gasteiger partial charge on any atom is 0.342 e. The topological polar surface area (TPSA) is 188 Å². The fourth-order valence-corrected chi connectivity index (χ4v) is 5.58. The van der Waals surface area contributed by atoms with E-state index in [1.165, 1.54) is 6.07 Å². The number of hydrogen-bond donors (Lipinski definition) is 5. The van der Waals surface area contributed by atoms with Crippen molar-refractivity contribution in [3.63, 3.8) is 0 Å². The van der Waals surface area contributed by atoms with Crippen LogP contribution in [0.3, 0.4) is 0 Å². The molecule has 0 saturated heterocycles. The summed E-state index contributed by atoms with van der Waals surface area (Å²) in [5.74, 6) is -8.13. The van der Waals surface area contributed by atoms with E-state index in [9.17, 15) is 39.6 Å². The molecule has 0 heterocycles. The van der Waals surface area contributed by atoms with Crippen LogP contribution in [0.4, 0.5) is 5.69 Å². The van der Waals surface area contributed by atoms with E-state index in [0.717, 1.165) is 0 Å². The predicted octanol–water partition coefficient (Wildman–Crippen LogP) is 1.85. The molecule has 11 heteroatoms. The number of rotatable bonds is 4. The predicted molar refractivity (Wildman–Crippen MR) is 135 cm³/mol. The summed E-state index contributed by atoms with van der Waals surface area (Å²) in [6.07, 6.45) is -0.154. The number of phenols is 1. The van der Waals surface area contributed by atoms with Crippen LogP contribution in [-0.4, -0.2) is 70.2 Å². The Morgan fingerprint density at radius 1 is 1.16 bits per heavy atom. The number of benzene rings is 1. The number of aliphatic hydroxyl groups is 3. The van der Waals surface area contributed by atoms with Gasteiger partial charge in [-0.3, -0.25) is 14.4 Å². The zero-order valence-electron chi connectivity index (χ0n) is 21.9. The molecule has 1 amide bonds. The Morgan fingerprint density at radius 2 is 1.79 bits per heavy atom. The van der Waals surface area contributed by atoms with Crippen LogP contribution in [0.2, 0.25) is 0 Å². The quantitative estimate of drug-likeness (QED) is 0.285. The monoisotopic (exact) mass is 528 g/mol. The standard InChI is InChI=1S/C27H32N2O9/c1-26(2,3)10-38-25(36)14-9-15(29(4)5)13-7-11-6-12-8-16(30)19(24(28)35)23(34)27(12,37)22(33)17(11)21(32)18(13)20(14)31/h9,11-12,30-31,33,37H,6-8,10H2,1-5H3,(H2,28,35)/t11-,12+,27+/m1/s1. The highest BCUT2D eigenvalue weighted by molar-refractivity contribution is 6.24. The first-order chi connectivity index (χ1) is 17.5. The summed E-state index contributed by atoms with van der Waals surface area (Å²) in [5, 5.41) is 43.9. The molecule has 3 atom stereocenters. The molecule has 38 heavy (non-hydrogen) atoms. The van der Waals surface area contributed by atoms with Crippen molar-refractivity contribution in [1.29, 1.82) is 0 Å². The molecule has 0 radical (unpaired) electrons. The van der Waals surface area contributed by atoms with E-state index in [1.807, 2.05) is 20.8 Å². The number of carbonyl (C=O) groups excluding carboxylic acids is 4. The molecule has 0 unspecified atom stereocenters. The number of aromatic hydroxyl groups is 1. The van der Waals surface area contributed by atoms with Gasteiger partial charge in [0.05, 0.1) is 12.2 Å². The fraction of sp³-hybridized carbons (Fsp3) is 0.481. The van der Waals surface area contributed by atoms with E-state index in [-0.39, 0.29) is 48.0 Å². The number of Topliss-reactive ketones (excluding diaryl/α,β-unsaturated/α-hetero) is 2. The minimum absolute atomic E-state index is 0.0198. The minimum Gasteiger partial charge on any atom is -0.511 e. The van der Waals surface area contributed by atoms with Gasteiger partial charge in [0.25, 0.3) is 5.91 Å². The first-order valence-electron chi connectivity index (χ1n) is 12.2. The average Bonchev–Trinajstić information content (AvgIpc) is 2.79. The molecule has 0 fully saturated rings. The molecule has 0 spiro atoms. The second-order valence-electron chi connectivity index (χ2n) is 11.6. The highest BCUT2D eigenvalue weighted by Gasteiger charge is 2.59. The van der Waals surface area contributed by atoms with Crippen molar-refractivity contribution >= 4 is 29.1 Å². The van der Waals surface area contributed by atoms with Gasteiger partial charge < -0.3 is 35.8 Å². The number of nitrogens with zero attached hydrogens (tertiary/aromatic N) is 1. The number of nitrogens with two attached hydrogens (primary N) is 1. The lowest BCUT2D eigenvalue weighted by molar-refractivity contribution is -0.144. The molecule has 0 aromatic heterocycles. The van der Waals surface area contributed by atoms with E-state index < -0.39 is 63.7 Å². The Balaban J connectivity index is 1.88. The van der Waals surface area contributed by atoms with Crippen LogP contribution < -0.4 is 10.6 Å². The van der Waals surface area contributed by atoms with E-state index in [4.69, 9.17) is 10.5 Å². The molecular weight excluding hydrogens is 496 g/mol. The van der Waals surface area contributed by atoms with Crippen LogP contribution in [-0.2, 0) is 20.7 Å². The van der Waals surface area contributed by atoms with Crippen molar-refractivity contribution in [3.8, 4) is 5.75 Å². The van der Waals surface area contributed by atoms with Crippen molar-refractivity contribution in [2.75, 3.05) is 25.6 Å². The highest BCUT2D eigenvalue weighted by Crippen LogP contribution is 2.52. The summed E-state index contributed by atoms with van der Waals surface area (Å²) in [7, 11) is 3.41. The number of ether oxygens (including phenoxy) is 1. The Hall–Kier alpha value is -3.86. The summed E-state index contributed by atoms with van der Waals surface area (Å²) in [6, 6.07) is 1.44. The Kier molecular flexibility index (Phi) is 6.34. The summed E-state index contributed by atoms with van der Waals surface area (Å²) in [5.41, 5.74) is 1.51.